The van der Waals surface area contributed by atoms with E-state index < -0.39 is 85.1 Å². The zero-order valence-corrected chi connectivity index (χ0v) is 24.2. The molecule has 4 N–H and O–H groups in total. The number of carbonyl (C=O) groups excluding carboxylic acids is 2. The summed E-state index contributed by atoms with van der Waals surface area (Å²) >= 11 is 0. The average molecular weight is 684 g/mol. The molecule has 1 heterocycles. The van der Waals surface area contributed by atoms with Crippen molar-refractivity contribution in [3.8, 4) is 11.1 Å². The fourth-order valence-electron chi connectivity index (χ4n) is 5.57. The number of nitrogens with zero attached hydrogens (tertiary/aromatic N) is 1. The molecule has 18 heteroatoms. The van der Waals surface area contributed by atoms with Crippen LogP contribution in [0.4, 0.5) is 44.3 Å². The molecule has 1 atom stereocenters. The van der Waals surface area contributed by atoms with Gasteiger partial charge in [-0.1, -0.05) is 48.5 Å². The van der Waals surface area contributed by atoms with Gasteiger partial charge in [0.1, 0.15) is 0 Å². The molecule has 0 aromatic heterocycles. The average Bonchev–Trinajstić information content (AvgIpc) is 3.29. The molecule has 0 aliphatic carbocycles. The first-order valence-electron chi connectivity index (χ1n) is 12.7. The number of alkyl halides is 9. The maximum Gasteiger partial charge on any atom is 0.430 e. The molecule has 1 unspecified atom stereocenters. The van der Waals surface area contributed by atoms with Gasteiger partial charge in [0.25, 0.3) is 11.5 Å². The number of nitrogens with two attached hydrogens (primary N) is 1. The van der Waals surface area contributed by atoms with Crippen molar-refractivity contribution in [3.05, 3.63) is 88.5 Å². The number of sulfone groups is 1. The van der Waals surface area contributed by atoms with Gasteiger partial charge in [0.2, 0.25) is 0 Å². The first-order chi connectivity index (χ1) is 20.9. The van der Waals surface area contributed by atoms with Crippen molar-refractivity contribution in [2.75, 3.05) is 13.3 Å². The molecule has 1 aliphatic rings. The van der Waals surface area contributed by atoms with Gasteiger partial charge in [0.05, 0.1) is 10.5 Å². The van der Waals surface area contributed by atoms with Gasteiger partial charge in [0.15, 0.2) is 15.4 Å². The van der Waals surface area contributed by atoms with Gasteiger partial charge >= 0.3 is 24.6 Å². The van der Waals surface area contributed by atoms with Gasteiger partial charge in [-0.2, -0.15) is 39.5 Å². The first-order valence-corrected chi connectivity index (χ1v) is 14.6. The number of fused-ring (bicyclic) bond motifs is 1. The van der Waals surface area contributed by atoms with Crippen LogP contribution in [0, 0.1) is 0 Å². The Morgan fingerprint density at radius 1 is 0.913 bits per heavy atom. The fourth-order valence-corrected chi connectivity index (χ4v) is 6.49. The Morgan fingerprint density at radius 2 is 1.48 bits per heavy atom. The predicted octanol–water partition coefficient (Wildman–Crippen LogP) is 4.97. The normalized spacial score (nSPS) is 17.5. The predicted molar refractivity (Wildman–Crippen MR) is 142 cm³/mol. The second kappa shape index (κ2) is 10.9. The SMILES string of the molecule is CNC(=O)N1Cc2cc(-c3cccc(S(C)(=O)=O)c3C(F)(F)F)ccc2C1(C(N)=O)c1ccc(C(O)(C(F)(F)F)C(F)(F)F)cc1. The largest absolute Gasteiger partial charge is 0.430 e. The van der Waals surface area contributed by atoms with Crippen LogP contribution in [0.2, 0.25) is 0 Å². The lowest BCUT2D eigenvalue weighted by Gasteiger charge is -2.37. The van der Waals surface area contributed by atoms with E-state index in [1.54, 1.807) is 0 Å². The second-order valence-electron chi connectivity index (χ2n) is 10.3. The highest BCUT2D eigenvalue weighted by atomic mass is 32.2. The van der Waals surface area contributed by atoms with Crippen LogP contribution in [0.1, 0.15) is 27.8 Å². The van der Waals surface area contributed by atoms with E-state index in [4.69, 9.17) is 5.73 Å². The van der Waals surface area contributed by atoms with E-state index in [2.05, 4.69) is 5.32 Å². The summed E-state index contributed by atoms with van der Waals surface area (Å²) in [4.78, 5) is 26.0. The van der Waals surface area contributed by atoms with Crippen LogP contribution in [-0.4, -0.2) is 56.0 Å². The van der Waals surface area contributed by atoms with Crippen LogP contribution in [0.5, 0.6) is 0 Å². The maximum atomic E-state index is 14.2. The number of rotatable bonds is 5. The van der Waals surface area contributed by atoms with Crippen LogP contribution >= 0.6 is 0 Å². The number of urea groups is 1. The number of benzene rings is 3. The summed E-state index contributed by atoms with van der Waals surface area (Å²) < 4.78 is 148. The molecule has 3 aromatic rings. The number of primary amides is 1. The molecule has 1 aliphatic heterocycles. The van der Waals surface area contributed by atoms with Crippen molar-refractivity contribution in [2.45, 2.75) is 41.1 Å². The van der Waals surface area contributed by atoms with E-state index in [1.807, 2.05) is 0 Å². The molecule has 8 nitrogen and oxygen atoms in total. The Morgan fingerprint density at radius 3 is 1.93 bits per heavy atom. The highest BCUT2D eigenvalue weighted by molar-refractivity contribution is 7.90. The van der Waals surface area contributed by atoms with Crippen molar-refractivity contribution in [1.29, 1.82) is 0 Å². The lowest BCUT2D eigenvalue weighted by molar-refractivity contribution is -0.376. The summed E-state index contributed by atoms with van der Waals surface area (Å²) in [6.07, 6.45) is -17.0. The van der Waals surface area contributed by atoms with E-state index in [9.17, 15) is 62.6 Å². The summed E-state index contributed by atoms with van der Waals surface area (Å²) in [6, 6.07) is 6.83. The molecular weight excluding hydrogens is 661 g/mol. The number of halogens is 9. The molecular formula is C28H22F9N3O5S. The van der Waals surface area contributed by atoms with E-state index in [0.717, 1.165) is 48.3 Å². The summed E-state index contributed by atoms with van der Waals surface area (Å²) in [7, 11) is -3.25. The molecule has 46 heavy (non-hydrogen) atoms. The van der Waals surface area contributed by atoms with Crippen molar-refractivity contribution >= 4 is 21.8 Å². The second-order valence-corrected chi connectivity index (χ2v) is 12.3. The zero-order chi connectivity index (χ0) is 34.8. The molecule has 0 saturated carbocycles. The topological polar surface area (TPSA) is 130 Å². The molecule has 3 amide bonds. The minimum Gasteiger partial charge on any atom is -0.369 e. The van der Waals surface area contributed by atoms with Crippen molar-refractivity contribution in [1.82, 2.24) is 10.2 Å². The Balaban J connectivity index is 1.99. The number of nitrogens with one attached hydrogen (secondary N) is 1. The minimum atomic E-state index is -6.22. The van der Waals surface area contributed by atoms with E-state index in [1.165, 1.54) is 0 Å². The van der Waals surface area contributed by atoms with Crippen molar-refractivity contribution in [2.24, 2.45) is 5.73 Å². The fraction of sp³-hybridized carbons (Fsp3) is 0.286. The van der Waals surface area contributed by atoms with Crippen LogP contribution < -0.4 is 11.1 Å². The number of hydrogen-bond acceptors (Lipinski definition) is 5. The third kappa shape index (κ3) is 5.22. The lowest BCUT2D eigenvalue weighted by atomic mass is 9.80. The molecule has 248 valence electrons. The highest BCUT2D eigenvalue weighted by Crippen LogP contribution is 2.52. The van der Waals surface area contributed by atoms with Gasteiger partial charge in [-0.3, -0.25) is 9.69 Å². The number of aliphatic hydroxyl groups is 1. The monoisotopic (exact) mass is 683 g/mol. The number of carbonyl (C=O) groups is 2. The Kier molecular flexibility index (Phi) is 8.18. The molecule has 0 fully saturated rings. The van der Waals surface area contributed by atoms with E-state index >= 15 is 0 Å². The van der Waals surface area contributed by atoms with Crippen LogP contribution in [0.15, 0.2) is 65.6 Å². The van der Waals surface area contributed by atoms with Gasteiger partial charge < -0.3 is 16.2 Å². The van der Waals surface area contributed by atoms with Crippen LogP contribution in [0.3, 0.4) is 0 Å². The highest BCUT2D eigenvalue weighted by Gasteiger charge is 2.71. The summed E-state index contributed by atoms with van der Waals surface area (Å²) in [5.41, 5.74) is -6.51. The van der Waals surface area contributed by atoms with Gasteiger partial charge in [-0.15, -0.1) is 0 Å². The van der Waals surface area contributed by atoms with E-state index in [0.29, 0.717) is 18.4 Å². The Labute approximate surface area is 254 Å². The summed E-state index contributed by atoms with van der Waals surface area (Å²) in [5.74, 6) is -1.34. The molecule has 0 spiro atoms. The quantitative estimate of drug-likeness (QED) is 0.327. The number of amides is 3. The first kappa shape index (κ1) is 34.6. The Hall–Kier alpha value is -4.32. The van der Waals surface area contributed by atoms with Crippen LogP contribution in [0.25, 0.3) is 11.1 Å². The third-order valence-electron chi connectivity index (χ3n) is 7.61. The van der Waals surface area contributed by atoms with Gasteiger partial charge in [-0.25, -0.2) is 13.2 Å². The zero-order valence-electron chi connectivity index (χ0n) is 23.4. The molecule has 3 aromatic carbocycles. The van der Waals surface area contributed by atoms with Gasteiger partial charge in [-0.05, 0) is 39.9 Å². The maximum absolute atomic E-state index is 14.2. The third-order valence-corrected chi connectivity index (χ3v) is 8.74. The van der Waals surface area contributed by atoms with Gasteiger partial charge in [0, 0.05) is 25.4 Å². The van der Waals surface area contributed by atoms with Crippen molar-refractivity contribution < 1.29 is 62.6 Å². The molecule has 0 saturated heterocycles. The van der Waals surface area contributed by atoms with Crippen LogP contribution in [-0.2, 0) is 38.5 Å². The summed E-state index contributed by atoms with van der Waals surface area (Å²) in [5, 5.41) is 12.0. The Bertz CT molecular complexity index is 1810. The standard InChI is InChI=1S/C28H22F9N3O5S/c1-39-23(42)40-13-15-12-14(18-4-3-5-20(46(2,44)45)21(18)26(29,30)31)6-11-19(15)24(40,22(38)41)16-7-9-17(10-8-16)25(43,27(32,33)34)28(35,36)37/h3-12,43H,13H2,1-2H3,(H2,38,41)(H,39,42). The molecule has 4 rings (SSSR count). The lowest BCUT2D eigenvalue weighted by Crippen LogP contribution is -2.56. The van der Waals surface area contributed by atoms with Crippen molar-refractivity contribution in [3.63, 3.8) is 0 Å². The number of hydrogen-bond donors (Lipinski definition) is 3. The summed E-state index contributed by atoms with van der Waals surface area (Å²) in [6.45, 7) is -0.546. The smallest absolute Gasteiger partial charge is 0.369 e. The minimum absolute atomic E-state index is 0.0102. The molecule has 0 radical (unpaired) electrons. The van der Waals surface area contributed by atoms with E-state index in [-0.39, 0.29) is 28.8 Å². The molecule has 0 bridgehead atoms.